The summed E-state index contributed by atoms with van der Waals surface area (Å²) in [4.78, 5) is 5.03. The van der Waals surface area contributed by atoms with Crippen molar-refractivity contribution in [3.63, 3.8) is 0 Å². The van der Waals surface area contributed by atoms with Crippen LogP contribution in [-0.2, 0) is 5.60 Å². The maximum atomic E-state index is 11.5. The monoisotopic (exact) mass is 398 g/mol. The number of aliphatic hydroxyl groups is 1. The molecule has 1 atom stereocenters. The summed E-state index contributed by atoms with van der Waals surface area (Å²) in [7, 11) is 0. The van der Waals surface area contributed by atoms with Gasteiger partial charge in [-0.15, -0.1) is 0 Å². The Morgan fingerprint density at radius 1 is 0.800 bits per heavy atom. The van der Waals surface area contributed by atoms with Crippen molar-refractivity contribution in [3.05, 3.63) is 83.4 Å². The predicted octanol–water partition coefficient (Wildman–Crippen LogP) is 6.96. The molecule has 0 aliphatic carbocycles. The number of anilines is 1. The number of hydrogen-bond acceptors (Lipinski definition) is 2. The molecule has 3 nitrogen and oxygen atoms in total. The summed E-state index contributed by atoms with van der Waals surface area (Å²) < 4.78 is 0. The van der Waals surface area contributed by atoms with Crippen LogP contribution in [0.25, 0.3) is 11.1 Å². The molecule has 0 aromatic heterocycles. The van der Waals surface area contributed by atoms with Crippen LogP contribution in [0.3, 0.4) is 0 Å². The standard InChI is InChI=1S/C27H30N2O/c1-17(2)21-12-9-13-22(18(3)4)25(21)29-26-27(5,30)23-16-20(14-15-24(23)28-26)19-10-7-6-8-11-19/h6-18,30H,1-5H3,(H,28,29). The third-order valence-electron chi connectivity index (χ3n) is 5.93. The molecule has 0 spiro atoms. The van der Waals surface area contributed by atoms with Crippen molar-refractivity contribution in [2.24, 2.45) is 4.99 Å². The second-order valence-electron chi connectivity index (χ2n) is 8.88. The number of para-hydroxylation sites is 1. The maximum absolute atomic E-state index is 11.5. The van der Waals surface area contributed by atoms with Crippen molar-refractivity contribution in [2.75, 3.05) is 5.32 Å². The van der Waals surface area contributed by atoms with Crippen LogP contribution >= 0.6 is 0 Å². The van der Waals surface area contributed by atoms with Crippen molar-refractivity contribution in [2.45, 2.75) is 52.1 Å². The molecule has 0 radical (unpaired) electrons. The number of rotatable bonds is 4. The van der Waals surface area contributed by atoms with Crippen LogP contribution < -0.4 is 5.32 Å². The normalized spacial score (nSPS) is 19.4. The lowest BCUT2D eigenvalue weighted by atomic mass is 9.91. The highest BCUT2D eigenvalue weighted by molar-refractivity contribution is 6.09. The Labute approximate surface area is 179 Å². The van der Waals surface area contributed by atoms with Crippen molar-refractivity contribution in [1.29, 1.82) is 0 Å². The van der Waals surface area contributed by atoms with Crippen molar-refractivity contribution < 1.29 is 5.11 Å². The fraction of sp³-hybridized carbons (Fsp3) is 0.296. The molecule has 2 N–H and O–H groups in total. The Hall–Kier alpha value is -2.91. The van der Waals surface area contributed by atoms with Crippen molar-refractivity contribution in [3.8, 4) is 11.1 Å². The minimum absolute atomic E-state index is 0.349. The van der Waals surface area contributed by atoms with Crippen LogP contribution in [0.4, 0.5) is 11.4 Å². The van der Waals surface area contributed by atoms with Gasteiger partial charge in [-0.25, -0.2) is 4.99 Å². The molecule has 4 rings (SSSR count). The van der Waals surface area contributed by atoms with Gasteiger partial charge in [-0.2, -0.15) is 0 Å². The van der Waals surface area contributed by atoms with E-state index < -0.39 is 5.60 Å². The van der Waals surface area contributed by atoms with E-state index in [2.05, 4.69) is 75.5 Å². The van der Waals surface area contributed by atoms with E-state index in [0.717, 1.165) is 28.1 Å². The number of amidine groups is 1. The summed E-state index contributed by atoms with van der Waals surface area (Å²) in [6, 6.07) is 22.8. The smallest absolute Gasteiger partial charge is 0.146 e. The van der Waals surface area contributed by atoms with Crippen LogP contribution in [-0.4, -0.2) is 10.9 Å². The van der Waals surface area contributed by atoms with Gasteiger partial charge in [-0.1, -0.05) is 82.3 Å². The van der Waals surface area contributed by atoms with Gasteiger partial charge >= 0.3 is 0 Å². The van der Waals surface area contributed by atoms with Crippen molar-refractivity contribution >= 4 is 17.2 Å². The molecule has 3 heteroatoms. The minimum Gasteiger partial charge on any atom is -0.377 e. The second kappa shape index (κ2) is 7.73. The Balaban J connectivity index is 1.82. The molecule has 1 aliphatic heterocycles. The molecule has 3 aromatic carbocycles. The molecule has 0 bridgehead atoms. The number of benzene rings is 3. The van der Waals surface area contributed by atoms with E-state index in [0.29, 0.717) is 17.7 Å². The molecule has 1 unspecified atom stereocenters. The maximum Gasteiger partial charge on any atom is 0.146 e. The van der Waals surface area contributed by atoms with E-state index in [9.17, 15) is 5.11 Å². The van der Waals surface area contributed by atoms with E-state index in [1.165, 1.54) is 11.1 Å². The van der Waals surface area contributed by atoms with E-state index in [1.54, 1.807) is 0 Å². The number of fused-ring (bicyclic) bond motifs is 1. The van der Waals surface area contributed by atoms with Gasteiger partial charge < -0.3 is 10.4 Å². The first kappa shape index (κ1) is 20.4. The van der Waals surface area contributed by atoms with Crippen molar-refractivity contribution in [1.82, 2.24) is 0 Å². The van der Waals surface area contributed by atoms with Gasteiger partial charge in [0.05, 0.1) is 5.69 Å². The Bertz CT molecular complexity index is 1070. The molecule has 0 saturated carbocycles. The van der Waals surface area contributed by atoms with Gasteiger partial charge in [0.15, 0.2) is 0 Å². The zero-order valence-electron chi connectivity index (χ0n) is 18.4. The lowest BCUT2D eigenvalue weighted by Crippen LogP contribution is -2.30. The van der Waals surface area contributed by atoms with Gasteiger partial charge in [0.1, 0.15) is 11.4 Å². The van der Waals surface area contributed by atoms with Crippen LogP contribution in [0.2, 0.25) is 0 Å². The summed E-state index contributed by atoms with van der Waals surface area (Å²) in [5.41, 5.74) is 6.18. The zero-order valence-corrected chi connectivity index (χ0v) is 18.4. The summed E-state index contributed by atoms with van der Waals surface area (Å²) in [5.74, 6) is 1.28. The van der Waals surface area contributed by atoms with Crippen LogP contribution in [0.5, 0.6) is 0 Å². The van der Waals surface area contributed by atoms with Crippen LogP contribution in [0, 0.1) is 0 Å². The highest BCUT2D eigenvalue weighted by Gasteiger charge is 2.39. The number of nitrogens with zero attached hydrogens (tertiary/aromatic N) is 1. The average Bonchev–Trinajstić information content (AvgIpc) is 2.98. The largest absolute Gasteiger partial charge is 0.377 e. The first-order chi connectivity index (χ1) is 14.3. The quantitative estimate of drug-likeness (QED) is 0.499. The van der Waals surface area contributed by atoms with Crippen LogP contribution in [0.15, 0.2) is 71.7 Å². The highest BCUT2D eigenvalue weighted by atomic mass is 16.3. The first-order valence-corrected chi connectivity index (χ1v) is 10.7. The number of nitrogens with one attached hydrogen (secondary N) is 1. The number of aliphatic imine (C=N–C) groups is 1. The third kappa shape index (κ3) is 3.54. The Kier molecular flexibility index (Phi) is 5.25. The molecular formula is C27H30N2O. The SMILES string of the molecule is CC(C)c1cccc(C(C)C)c1N=C1Nc2ccc(-c3ccccc3)cc2C1(C)O. The molecule has 30 heavy (non-hydrogen) atoms. The topological polar surface area (TPSA) is 44.6 Å². The molecular weight excluding hydrogens is 368 g/mol. The Morgan fingerprint density at radius 2 is 1.43 bits per heavy atom. The van der Waals surface area contributed by atoms with E-state index in [-0.39, 0.29) is 0 Å². The minimum atomic E-state index is -1.18. The van der Waals surface area contributed by atoms with Gasteiger partial charge in [0.25, 0.3) is 0 Å². The predicted molar refractivity (Wildman–Crippen MR) is 127 cm³/mol. The Morgan fingerprint density at radius 3 is 2.03 bits per heavy atom. The summed E-state index contributed by atoms with van der Waals surface area (Å²) in [5, 5.41) is 14.9. The molecule has 0 amide bonds. The van der Waals surface area contributed by atoms with Gasteiger partial charge in [0, 0.05) is 11.3 Å². The fourth-order valence-electron chi connectivity index (χ4n) is 4.13. The molecule has 0 fully saturated rings. The molecule has 0 saturated heterocycles. The highest BCUT2D eigenvalue weighted by Crippen LogP contribution is 2.42. The third-order valence-corrected chi connectivity index (χ3v) is 5.93. The van der Waals surface area contributed by atoms with E-state index in [1.807, 2.05) is 31.2 Å². The van der Waals surface area contributed by atoms with E-state index >= 15 is 0 Å². The van der Waals surface area contributed by atoms with Gasteiger partial charge in [-0.3, -0.25) is 0 Å². The van der Waals surface area contributed by atoms with Gasteiger partial charge in [0.2, 0.25) is 0 Å². The summed E-state index contributed by atoms with van der Waals surface area (Å²) >= 11 is 0. The molecule has 1 heterocycles. The molecule has 1 aliphatic rings. The van der Waals surface area contributed by atoms with E-state index in [4.69, 9.17) is 4.99 Å². The lowest BCUT2D eigenvalue weighted by molar-refractivity contribution is 0.137. The van der Waals surface area contributed by atoms with Crippen LogP contribution in [0.1, 0.15) is 63.1 Å². The fourth-order valence-corrected chi connectivity index (χ4v) is 4.13. The average molecular weight is 399 g/mol. The lowest BCUT2D eigenvalue weighted by Gasteiger charge is -2.21. The van der Waals surface area contributed by atoms with Gasteiger partial charge in [-0.05, 0) is 53.1 Å². The first-order valence-electron chi connectivity index (χ1n) is 10.7. The molecule has 3 aromatic rings. The summed E-state index contributed by atoms with van der Waals surface area (Å²) in [6.07, 6.45) is 0. The second-order valence-corrected chi connectivity index (χ2v) is 8.88. The zero-order chi connectivity index (χ0) is 21.5. The number of hydrogen-bond donors (Lipinski definition) is 2. The summed E-state index contributed by atoms with van der Waals surface area (Å²) in [6.45, 7) is 10.6. The molecule has 154 valence electrons.